The van der Waals surface area contributed by atoms with Crippen molar-refractivity contribution in [2.75, 3.05) is 31.7 Å². The fourth-order valence-corrected chi connectivity index (χ4v) is 2.17. The highest BCUT2D eigenvalue weighted by atomic mass is 16.6. The van der Waals surface area contributed by atoms with Gasteiger partial charge in [-0.2, -0.15) is 0 Å². The Morgan fingerprint density at radius 1 is 1.33 bits per heavy atom. The Bertz CT molecular complexity index is 656. The molecule has 2 heterocycles. The summed E-state index contributed by atoms with van der Waals surface area (Å²) in [7, 11) is 0. The number of carbonyl (C=O) groups is 1. The van der Waals surface area contributed by atoms with Crippen LogP contribution in [0.15, 0.2) is 24.3 Å². The van der Waals surface area contributed by atoms with Gasteiger partial charge in [-0.3, -0.25) is 0 Å². The number of carboxylic acids is 1. The highest BCUT2D eigenvalue weighted by molar-refractivity contribution is 5.93. The molecule has 7 nitrogen and oxygen atoms in total. The van der Waals surface area contributed by atoms with E-state index in [-0.39, 0.29) is 11.9 Å². The van der Waals surface area contributed by atoms with Crippen molar-refractivity contribution in [1.29, 1.82) is 0 Å². The second-order valence-corrected chi connectivity index (χ2v) is 4.67. The summed E-state index contributed by atoms with van der Waals surface area (Å²) in [6.45, 7) is 2.19. The second kappa shape index (κ2) is 6.02. The number of anilines is 1. The molecule has 1 atom stereocenters. The minimum absolute atomic E-state index is 0.0687. The van der Waals surface area contributed by atoms with Gasteiger partial charge in [-0.25, -0.2) is 14.8 Å². The number of aromatic nitrogens is 2. The van der Waals surface area contributed by atoms with Gasteiger partial charge in [-0.05, 0) is 12.1 Å². The monoisotopic (exact) mass is 289 g/mol. The summed E-state index contributed by atoms with van der Waals surface area (Å²) in [5.74, 6) is -0.884. The molecule has 0 radical (unpaired) electrons. The lowest BCUT2D eigenvalue weighted by Gasteiger charge is -2.23. The SMILES string of the molecule is O=C(O)c1nc(NCC2COCCO2)c2ccccc2n1. The van der Waals surface area contributed by atoms with Crippen molar-refractivity contribution in [3.8, 4) is 0 Å². The van der Waals surface area contributed by atoms with Gasteiger partial charge in [0, 0.05) is 11.9 Å². The van der Waals surface area contributed by atoms with Gasteiger partial charge in [0.2, 0.25) is 5.82 Å². The van der Waals surface area contributed by atoms with Crippen molar-refractivity contribution in [3.05, 3.63) is 30.1 Å². The Morgan fingerprint density at radius 3 is 2.95 bits per heavy atom. The van der Waals surface area contributed by atoms with E-state index in [1.807, 2.05) is 18.2 Å². The van der Waals surface area contributed by atoms with Crippen molar-refractivity contribution >= 4 is 22.7 Å². The third kappa shape index (κ3) is 3.09. The molecule has 0 amide bonds. The lowest BCUT2D eigenvalue weighted by molar-refractivity contribution is -0.0819. The number of nitrogens with zero attached hydrogens (tertiary/aromatic N) is 2. The maximum Gasteiger partial charge on any atom is 0.374 e. The summed E-state index contributed by atoms with van der Waals surface area (Å²) >= 11 is 0. The summed E-state index contributed by atoms with van der Waals surface area (Å²) < 4.78 is 10.9. The Labute approximate surface area is 120 Å². The van der Waals surface area contributed by atoms with Crippen LogP contribution in [0.25, 0.3) is 10.9 Å². The van der Waals surface area contributed by atoms with Gasteiger partial charge in [0.1, 0.15) is 5.82 Å². The van der Waals surface area contributed by atoms with Crippen molar-refractivity contribution in [2.45, 2.75) is 6.10 Å². The number of aromatic carboxylic acids is 1. The number of carboxylic acid groups (broad SMARTS) is 1. The molecule has 2 aromatic rings. The summed E-state index contributed by atoms with van der Waals surface area (Å²) in [5, 5.41) is 13.0. The number of hydrogen-bond donors (Lipinski definition) is 2. The molecule has 110 valence electrons. The van der Waals surface area contributed by atoms with Crippen LogP contribution in [0.2, 0.25) is 0 Å². The summed E-state index contributed by atoms with van der Waals surface area (Å²) in [4.78, 5) is 19.2. The second-order valence-electron chi connectivity index (χ2n) is 4.67. The fraction of sp³-hybridized carbons (Fsp3) is 0.357. The fourth-order valence-electron chi connectivity index (χ4n) is 2.17. The molecule has 21 heavy (non-hydrogen) atoms. The Morgan fingerprint density at radius 2 is 2.19 bits per heavy atom. The molecule has 0 saturated carbocycles. The smallest absolute Gasteiger partial charge is 0.374 e. The first-order valence-electron chi connectivity index (χ1n) is 6.67. The van der Waals surface area contributed by atoms with Crippen molar-refractivity contribution in [3.63, 3.8) is 0 Å². The predicted molar refractivity (Wildman–Crippen MR) is 75.5 cm³/mol. The lowest BCUT2D eigenvalue weighted by atomic mass is 10.2. The van der Waals surface area contributed by atoms with Crippen LogP contribution in [0, 0.1) is 0 Å². The van der Waals surface area contributed by atoms with Gasteiger partial charge in [-0.1, -0.05) is 12.1 Å². The third-order valence-corrected chi connectivity index (χ3v) is 3.18. The third-order valence-electron chi connectivity index (χ3n) is 3.18. The minimum atomic E-state index is -1.15. The molecule has 3 rings (SSSR count). The number of para-hydroxylation sites is 1. The van der Waals surface area contributed by atoms with E-state index < -0.39 is 5.97 Å². The van der Waals surface area contributed by atoms with E-state index in [0.717, 1.165) is 5.39 Å². The number of ether oxygens (including phenoxy) is 2. The van der Waals surface area contributed by atoms with Gasteiger partial charge in [-0.15, -0.1) is 0 Å². The molecule has 0 aliphatic carbocycles. The zero-order valence-electron chi connectivity index (χ0n) is 11.3. The number of rotatable bonds is 4. The molecule has 1 aromatic heterocycles. The van der Waals surface area contributed by atoms with Crippen LogP contribution in [0.5, 0.6) is 0 Å². The van der Waals surface area contributed by atoms with Crippen LogP contribution in [0.1, 0.15) is 10.6 Å². The van der Waals surface area contributed by atoms with E-state index in [9.17, 15) is 4.79 Å². The molecule has 1 aliphatic heterocycles. The van der Waals surface area contributed by atoms with E-state index in [0.29, 0.717) is 37.7 Å². The normalized spacial score (nSPS) is 18.6. The molecule has 7 heteroatoms. The molecule has 1 aromatic carbocycles. The van der Waals surface area contributed by atoms with E-state index >= 15 is 0 Å². The number of nitrogens with one attached hydrogen (secondary N) is 1. The van der Waals surface area contributed by atoms with E-state index in [1.165, 1.54) is 0 Å². The highest BCUT2D eigenvalue weighted by Crippen LogP contribution is 2.20. The molecule has 1 aliphatic rings. The van der Waals surface area contributed by atoms with Crippen LogP contribution in [-0.4, -0.2) is 53.5 Å². The summed E-state index contributed by atoms with van der Waals surface area (Å²) in [6, 6.07) is 7.27. The first-order valence-corrected chi connectivity index (χ1v) is 6.67. The molecule has 0 bridgehead atoms. The van der Waals surface area contributed by atoms with Gasteiger partial charge in [0.15, 0.2) is 0 Å². The maximum absolute atomic E-state index is 11.1. The quantitative estimate of drug-likeness (QED) is 0.872. The standard InChI is InChI=1S/C14H15N3O4/c18-14(19)13-16-11-4-2-1-3-10(11)12(17-13)15-7-9-8-20-5-6-21-9/h1-4,9H,5-8H2,(H,18,19)(H,15,16,17). The van der Waals surface area contributed by atoms with Crippen LogP contribution in [0.4, 0.5) is 5.82 Å². The predicted octanol–water partition coefficient (Wildman–Crippen LogP) is 1.16. The zero-order chi connectivity index (χ0) is 14.7. The topological polar surface area (TPSA) is 93.6 Å². The largest absolute Gasteiger partial charge is 0.475 e. The first-order chi connectivity index (χ1) is 10.2. The highest BCUT2D eigenvalue weighted by Gasteiger charge is 2.16. The number of fused-ring (bicyclic) bond motifs is 1. The van der Waals surface area contributed by atoms with Crippen LogP contribution in [-0.2, 0) is 9.47 Å². The van der Waals surface area contributed by atoms with Crippen LogP contribution in [0.3, 0.4) is 0 Å². The molecule has 1 unspecified atom stereocenters. The van der Waals surface area contributed by atoms with E-state index in [4.69, 9.17) is 14.6 Å². The minimum Gasteiger partial charge on any atom is -0.475 e. The molecule has 1 fully saturated rings. The molecular formula is C14H15N3O4. The maximum atomic E-state index is 11.1. The van der Waals surface area contributed by atoms with Gasteiger partial charge < -0.3 is 19.9 Å². The molecule has 0 spiro atoms. The van der Waals surface area contributed by atoms with Crippen LogP contribution >= 0.6 is 0 Å². The average Bonchev–Trinajstić information content (AvgIpc) is 2.53. The van der Waals surface area contributed by atoms with Gasteiger partial charge in [0.05, 0.1) is 31.4 Å². The number of hydrogen-bond acceptors (Lipinski definition) is 6. The van der Waals surface area contributed by atoms with Gasteiger partial charge in [0.25, 0.3) is 0 Å². The number of benzene rings is 1. The zero-order valence-corrected chi connectivity index (χ0v) is 11.3. The van der Waals surface area contributed by atoms with Crippen molar-refractivity contribution in [2.24, 2.45) is 0 Å². The molecular weight excluding hydrogens is 274 g/mol. The summed E-state index contributed by atoms with van der Waals surface area (Å²) in [6.07, 6.45) is -0.0687. The van der Waals surface area contributed by atoms with E-state index in [2.05, 4.69) is 15.3 Å². The lowest BCUT2D eigenvalue weighted by Crippen LogP contribution is -2.34. The molecule has 2 N–H and O–H groups in total. The Kier molecular flexibility index (Phi) is 3.94. The molecule has 1 saturated heterocycles. The first kappa shape index (κ1) is 13.7. The average molecular weight is 289 g/mol. The van der Waals surface area contributed by atoms with Crippen molar-refractivity contribution < 1.29 is 19.4 Å². The van der Waals surface area contributed by atoms with Gasteiger partial charge >= 0.3 is 5.97 Å². The Hall–Kier alpha value is -2.25. The van der Waals surface area contributed by atoms with E-state index in [1.54, 1.807) is 6.07 Å². The Balaban J connectivity index is 1.86. The summed E-state index contributed by atoms with van der Waals surface area (Å²) in [5.41, 5.74) is 0.591. The van der Waals surface area contributed by atoms with Crippen LogP contribution < -0.4 is 5.32 Å². The van der Waals surface area contributed by atoms with Crippen molar-refractivity contribution in [1.82, 2.24) is 9.97 Å².